The highest BCUT2D eigenvalue weighted by Crippen LogP contribution is 2.28. The van der Waals surface area contributed by atoms with E-state index < -0.39 is 0 Å². The maximum atomic E-state index is 12.1. The van der Waals surface area contributed by atoms with Gasteiger partial charge in [-0.15, -0.1) is 0 Å². The molecule has 0 saturated heterocycles. The highest BCUT2D eigenvalue weighted by Gasteiger charge is 2.16. The van der Waals surface area contributed by atoms with E-state index >= 15 is 0 Å². The van der Waals surface area contributed by atoms with Crippen molar-refractivity contribution in [2.45, 2.75) is 65.5 Å². The number of hydrogen-bond donors (Lipinski definition) is 1. The molecule has 23 heavy (non-hydrogen) atoms. The van der Waals surface area contributed by atoms with Crippen LogP contribution in [0.25, 0.3) is 0 Å². The van der Waals surface area contributed by atoms with Gasteiger partial charge >= 0.3 is 0 Å². The molecule has 1 fully saturated rings. The minimum absolute atomic E-state index is 0.203. The van der Waals surface area contributed by atoms with Crippen LogP contribution in [0.5, 0.6) is 0 Å². The summed E-state index contributed by atoms with van der Waals surface area (Å²) in [6.45, 7) is 8.10. The van der Waals surface area contributed by atoms with Crippen LogP contribution >= 0.6 is 0 Å². The largest absolute Gasteiger partial charge is 0.352 e. The van der Waals surface area contributed by atoms with Gasteiger partial charge in [0.05, 0.1) is 0 Å². The van der Waals surface area contributed by atoms with Crippen LogP contribution in [0.4, 0.5) is 0 Å². The van der Waals surface area contributed by atoms with E-state index in [0.29, 0.717) is 13.0 Å². The summed E-state index contributed by atoms with van der Waals surface area (Å²) in [5, 5.41) is 3.12. The van der Waals surface area contributed by atoms with Crippen molar-refractivity contribution in [3.8, 4) is 0 Å². The Morgan fingerprint density at radius 1 is 1.13 bits per heavy atom. The normalized spacial score (nSPS) is 15.3. The van der Waals surface area contributed by atoms with Crippen molar-refractivity contribution in [1.29, 1.82) is 0 Å². The van der Waals surface area contributed by atoms with E-state index in [1.54, 1.807) is 0 Å². The van der Waals surface area contributed by atoms with Crippen molar-refractivity contribution in [3.05, 3.63) is 35.4 Å². The molecule has 1 aliphatic carbocycles. The van der Waals surface area contributed by atoms with E-state index in [-0.39, 0.29) is 5.91 Å². The predicted octanol–water partition coefficient (Wildman–Crippen LogP) is 4.12. The number of nitrogens with zero attached hydrogens (tertiary/aromatic N) is 1. The molecule has 0 aliphatic heterocycles. The van der Waals surface area contributed by atoms with Crippen LogP contribution in [-0.2, 0) is 17.9 Å². The Bertz CT molecular complexity index is 476. The molecule has 1 aliphatic rings. The second kappa shape index (κ2) is 9.71. The van der Waals surface area contributed by atoms with E-state index in [0.717, 1.165) is 32.0 Å². The summed E-state index contributed by atoms with van der Waals surface area (Å²) in [5.41, 5.74) is 2.57. The third kappa shape index (κ3) is 5.98. The maximum Gasteiger partial charge on any atom is 0.220 e. The summed E-state index contributed by atoms with van der Waals surface area (Å²) in [6.07, 6.45) is 7.09. The lowest BCUT2D eigenvalue weighted by molar-refractivity contribution is -0.121. The summed E-state index contributed by atoms with van der Waals surface area (Å²) in [5.74, 6) is 0.991. The Morgan fingerprint density at radius 3 is 2.43 bits per heavy atom. The minimum Gasteiger partial charge on any atom is -0.352 e. The van der Waals surface area contributed by atoms with Crippen LogP contribution in [-0.4, -0.2) is 23.9 Å². The van der Waals surface area contributed by atoms with Crippen LogP contribution in [0.1, 0.15) is 63.5 Å². The van der Waals surface area contributed by atoms with Crippen LogP contribution in [0.3, 0.4) is 0 Å². The van der Waals surface area contributed by atoms with E-state index in [9.17, 15) is 4.79 Å². The van der Waals surface area contributed by atoms with Crippen molar-refractivity contribution in [2.24, 2.45) is 5.92 Å². The zero-order valence-corrected chi connectivity index (χ0v) is 14.8. The molecule has 2 rings (SSSR count). The Labute approximate surface area is 141 Å². The van der Waals surface area contributed by atoms with Crippen LogP contribution in [0.15, 0.2) is 24.3 Å². The summed E-state index contributed by atoms with van der Waals surface area (Å²) >= 11 is 0. The molecule has 0 atom stereocenters. The molecular weight excluding hydrogens is 284 g/mol. The van der Waals surface area contributed by atoms with Crippen LogP contribution in [0.2, 0.25) is 0 Å². The molecule has 1 aromatic rings. The quantitative estimate of drug-likeness (QED) is 0.743. The maximum absolute atomic E-state index is 12.1. The molecule has 0 heterocycles. The Hall–Kier alpha value is -1.35. The summed E-state index contributed by atoms with van der Waals surface area (Å²) in [6, 6.07) is 8.46. The predicted molar refractivity (Wildman–Crippen MR) is 96.1 cm³/mol. The number of carbonyl (C=O) groups is 1. The molecule has 3 heteroatoms. The lowest BCUT2D eigenvalue weighted by Gasteiger charge is -2.20. The molecule has 128 valence electrons. The second-order valence-corrected chi connectivity index (χ2v) is 6.70. The van der Waals surface area contributed by atoms with E-state index in [1.165, 1.54) is 36.8 Å². The monoisotopic (exact) mass is 316 g/mol. The van der Waals surface area contributed by atoms with Gasteiger partial charge in [0.15, 0.2) is 0 Å². The third-order valence-electron chi connectivity index (χ3n) is 5.14. The zero-order valence-electron chi connectivity index (χ0n) is 14.8. The number of rotatable bonds is 9. The average molecular weight is 316 g/mol. The highest BCUT2D eigenvalue weighted by molar-refractivity contribution is 5.75. The van der Waals surface area contributed by atoms with Gasteiger partial charge in [-0.25, -0.2) is 0 Å². The molecule has 0 bridgehead atoms. The Kier molecular flexibility index (Phi) is 7.60. The van der Waals surface area contributed by atoms with Gasteiger partial charge in [0.2, 0.25) is 5.91 Å². The van der Waals surface area contributed by atoms with Crippen LogP contribution < -0.4 is 5.32 Å². The molecule has 1 N–H and O–H groups in total. The first-order chi connectivity index (χ1) is 11.2. The summed E-state index contributed by atoms with van der Waals surface area (Å²) in [7, 11) is 0. The fraction of sp³-hybridized carbons (Fsp3) is 0.650. The average Bonchev–Trinajstić information content (AvgIpc) is 3.10. The van der Waals surface area contributed by atoms with Gasteiger partial charge in [0.1, 0.15) is 0 Å². The second-order valence-electron chi connectivity index (χ2n) is 6.70. The summed E-state index contributed by atoms with van der Waals surface area (Å²) in [4.78, 5) is 14.5. The van der Waals surface area contributed by atoms with Gasteiger partial charge in [0, 0.05) is 19.5 Å². The smallest absolute Gasteiger partial charge is 0.220 e. The molecule has 1 amide bonds. The first-order valence-corrected chi connectivity index (χ1v) is 9.28. The molecular formula is C20H32N2O. The van der Waals surface area contributed by atoms with E-state index in [2.05, 4.69) is 48.3 Å². The number of hydrogen-bond acceptors (Lipinski definition) is 2. The fourth-order valence-electron chi connectivity index (χ4n) is 3.49. The number of amides is 1. The van der Waals surface area contributed by atoms with Gasteiger partial charge in [-0.05, 0) is 36.6 Å². The Morgan fingerprint density at radius 2 is 1.78 bits per heavy atom. The van der Waals surface area contributed by atoms with Crippen LogP contribution in [0, 0.1) is 5.92 Å². The van der Waals surface area contributed by atoms with Gasteiger partial charge in [-0.1, -0.05) is 63.8 Å². The topological polar surface area (TPSA) is 32.3 Å². The van der Waals surface area contributed by atoms with Crippen molar-refractivity contribution in [2.75, 3.05) is 13.1 Å². The SMILES string of the molecule is CCN(CC)Cc1ccccc1CNC(=O)CCC1CCCC1. The molecule has 1 aromatic carbocycles. The number of carbonyl (C=O) groups excluding carboxylic acids is 1. The summed E-state index contributed by atoms with van der Waals surface area (Å²) < 4.78 is 0. The molecule has 3 nitrogen and oxygen atoms in total. The first kappa shape index (κ1) is 18.0. The molecule has 0 unspecified atom stereocenters. The van der Waals surface area contributed by atoms with E-state index in [1.807, 2.05) is 0 Å². The van der Waals surface area contributed by atoms with Crippen molar-refractivity contribution >= 4 is 5.91 Å². The number of nitrogens with one attached hydrogen (secondary N) is 1. The van der Waals surface area contributed by atoms with Gasteiger partial charge in [-0.3, -0.25) is 9.69 Å². The molecule has 0 spiro atoms. The van der Waals surface area contributed by atoms with Crippen molar-refractivity contribution < 1.29 is 4.79 Å². The fourth-order valence-corrected chi connectivity index (χ4v) is 3.49. The van der Waals surface area contributed by atoms with E-state index in [4.69, 9.17) is 0 Å². The molecule has 0 aromatic heterocycles. The van der Waals surface area contributed by atoms with Gasteiger partial charge in [-0.2, -0.15) is 0 Å². The van der Waals surface area contributed by atoms with Gasteiger partial charge in [0.25, 0.3) is 0 Å². The minimum atomic E-state index is 0.203. The van der Waals surface area contributed by atoms with Gasteiger partial charge < -0.3 is 5.32 Å². The third-order valence-corrected chi connectivity index (χ3v) is 5.14. The Balaban J connectivity index is 1.81. The molecule has 0 radical (unpaired) electrons. The first-order valence-electron chi connectivity index (χ1n) is 9.28. The van der Waals surface area contributed by atoms with Crippen molar-refractivity contribution in [1.82, 2.24) is 10.2 Å². The van der Waals surface area contributed by atoms with Crippen molar-refractivity contribution in [3.63, 3.8) is 0 Å². The lowest BCUT2D eigenvalue weighted by Crippen LogP contribution is -2.26. The number of benzene rings is 1. The lowest BCUT2D eigenvalue weighted by atomic mass is 10.0. The standard InChI is InChI=1S/C20H32N2O/c1-3-22(4-2)16-19-12-8-7-11-18(19)15-21-20(23)14-13-17-9-5-6-10-17/h7-8,11-12,17H,3-6,9-10,13-16H2,1-2H3,(H,21,23). The zero-order chi connectivity index (χ0) is 16.5. The molecule has 1 saturated carbocycles. The highest BCUT2D eigenvalue weighted by atomic mass is 16.1.